The average molecular weight is 484 g/mol. The van der Waals surface area contributed by atoms with E-state index in [1.807, 2.05) is 0 Å². The van der Waals surface area contributed by atoms with E-state index in [0.29, 0.717) is 12.8 Å². The van der Waals surface area contributed by atoms with Crippen molar-refractivity contribution in [2.75, 3.05) is 7.11 Å². The average Bonchev–Trinajstić information content (AvgIpc) is 2.84. The molecule has 0 rings (SSSR count). The maximum absolute atomic E-state index is 12.3. The molecule has 0 bridgehead atoms. The molecule has 0 aliphatic carbocycles. The predicted molar refractivity (Wildman–Crippen MR) is 143 cm³/mol. The highest BCUT2D eigenvalue weighted by Crippen LogP contribution is 2.14. The van der Waals surface area contributed by atoms with Crippen LogP contribution in [0.15, 0.2) is 0 Å². The maximum Gasteiger partial charge on any atom is 0.331 e. The number of carbonyl (C=O) groups excluding carboxylic acids is 2. The van der Waals surface area contributed by atoms with Gasteiger partial charge in [0, 0.05) is 6.42 Å². The zero-order valence-corrected chi connectivity index (χ0v) is 22.9. The van der Waals surface area contributed by atoms with Gasteiger partial charge in [-0.3, -0.25) is 4.79 Å². The largest absolute Gasteiger partial charge is 0.467 e. The number of unbranched alkanes of at least 4 members (excludes halogenated alkanes) is 18. The van der Waals surface area contributed by atoms with E-state index in [4.69, 9.17) is 4.74 Å². The smallest absolute Gasteiger partial charge is 0.331 e. The molecule has 0 unspecified atom stereocenters. The third-order valence-electron chi connectivity index (χ3n) is 6.77. The Hall–Kier alpha value is -1.10. The van der Waals surface area contributed by atoms with E-state index in [1.165, 1.54) is 97.0 Å². The summed E-state index contributed by atoms with van der Waals surface area (Å²) in [5.41, 5.74) is 0. The van der Waals surface area contributed by atoms with Crippen LogP contribution in [-0.2, 0) is 14.3 Å². The van der Waals surface area contributed by atoms with Gasteiger partial charge in [0.15, 0.2) is 6.04 Å². The standard InChI is InChI=1S/C29H57NO4/c1-4-6-8-10-12-14-15-17-19-21-23-25-27(32)30-28(29(33)34-3)26(31)24-22-20-18-16-13-11-9-7-5-2/h26,28,31H,4-25H2,1-3H3,(H,30,32)/t26-,28-/m1/s1. The molecule has 0 aromatic heterocycles. The molecule has 2 N–H and O–H groups in total. The summed E-state index contributed by atoms with van der Waals surface area (Å²) in [5, 5.41) is 13.2. The van der Waals surface area contributed by atoms with Crippen molar-refractivity contribution in [2.24, 2.45) is 0 Å². The number of nitrogens with one attached hydrogen (secondary N) is 1. The minimum Gasteiger partial charge on any atom is -0.467 e. The Morgan fingerprint density at radius 2 is 1.03 bits per heavy atom. The Balaban J connectivity index is 3.91. The normalized spacial score (nSPS) is 12.9. The van der Waals surface area contributed by atoms with Crippen LogP contribution in [0, 0.1) is 0 Å². The van der Waals surface area contributed by atoms with Gasteiger partial charge in [-0.05, 0) is 12.8 Å². The fourth-order valence-corrected chi connectivity index (χ4v) is 4.47. The van der Waals surface area contributed by atoms with Crippen LogP contribution >= 0.6 is 0 Å². The molecule has 0 aliphatic heterocycles. The second-order valence-electron chi connectivity index (χ2n) is 10.0. The SMILES string of the molecule is CCCCCCCCCCCCCC(=O)N[C@@H](C(=O)OC)[C@H](O)CCCCCCCCCCC. The van der Waals surface area contributed by atoms with Gasteiger partial charge in [-0.1, -0.05) is 136 Å². The van der Waals surface area contributed by atoms with Crippen LogP contribution in [0.1, 0.15) is 155 Å². The van der Waals surface area contributed by atoms with E-state index in [-0.39, 0.29) is 5.91 Å². The second kappa shape index (κ2) is 25.0. The molecule has 5 nitrogen and oxygen atoms in total. The Morgan fingerprint density at radius 3 is 1.44 bits per heavy atom. The van der Waals surface area contributed by atoms with Gasteiger partial charge in [0.2, 0.25) is 5.91 Å². The number of hydrogen-bond donors (Lipinski definition) is 2. The summed E-state index contributed by atoms with van der Waals surface area (Å²) in [6, 6.07) is -0.959. The lowest BCUT2D eigenvalue weighted by atomic mass is 10.0. The summed E-state index contributed by atoms with van der Waals surface area (Å²) < 4.78 is 4.82. The first-order valence-electron chi connectivity index (χ1n) is 14.6. The minimum absolute atomic E-state index is 0.169. The number of aliphatic hydroxyl groups excluding tert-OH is 1. The van der Waals surface area contributed by atoms with Crippen molar-refractivity contribution in [1.29, 1.82) is 0 Å². The highest BCUT2D eigenvalue weighted by molar-refractivity contribution is 5.84. The molecule has 0 aliphatic rings. The lowest BCUT2D eigenvalue weighted by Gasteiger charge is -2.22. The first kappa shape index (κ1) is 32.9. The third kappa shape index (κ3) is 20.3. The van der Waals surface area contributed by atoms with E-state index in [9.17, 15) is 14.7 Å². The van der Waals surface area contributed by atoms with Crippen molar-refractivity contribution in [3.05, 3.63) is 0 Å². The number of methoxy groups -OCH3 is 1. The Kier molecular flexibility index (Phi) is 24.2. The fraction of sp³-hybridized carbons (Fsp3) is 0.931. The molecule has 202 valence electrons. The third-order valence-corrected chi connectivity index (χ3v) is 6.77. The summed E-state index contributed by atoms with van der Waals surface area (Å²) in [7, 11) is 1.30. The highest BCUT2D eigenvalue weighted by Gasteiger charge is 2.28. The van der Waals surface area contributed by atoms with Crippen molar-refractivity contribution < 1.29 is 19.4 Å². The quantitative estimate of drug-likeness (QED) is 0.103. The number of aliphatic hydroxyl groups is 1. The van der Waals surface area contributed by atoms with Crippen molar-refractivity contribution in [1.82, 2.24) is 5.32 Å². The molecule has 2 atom stereocenters. The van der Waals surface area contributed by atoms with Gasteiger partial charge in [0.1, 0.15) is 0 Å². The van der Waals surface area contributed by atoms with Gasteiger partial charge in [-0.2, -0.15) is 0 Å². The van der Waals surface area contributed by atoms with Gasteiger partial charge >= 0.3 is 5.97 Å². The molecule has 34 heavy (non-hydrogen) atoms. The van der Waals surface area contributed by atoms with Crippen LogP contribution in [0.4, 0.5) is 0 Å². The Morgan fingerprint density at radius 1 is 0.647 bits per heavy atom. The molecule has 0 heterocycles. The van der Waals surface area contributed by atoms with Crippen LogP contribution in [0.2, 0.25) is 0 Å². The molecular formula is C29H57NO4. The Bertz CT molecular complexity index is 469. The molecule has 0 saturated carbocycles. The number of rotatable bonds is 25. The summed E-state index contributed by atoms with van der Waals surface area (Å²) >= 11 is 0. The molecular weight excluding hydrogens is 426 g/mol. The molecule has 1 amide bonds. The molecule has 0 aromatic carbocycles. The highest BCUT2D eigenvalue weighted by atomic mass is 16.5. The maximum atomic E-state index is 12.3. The number of amides is 1. The fourth-order valence-electron chi connectivity index (χ4n) is 4.47. The first-order chi connectivity index (χ1) is 16.6. The van der Waals surface area contributed by atoms with E-state index >= 15 is 0 Å². The second-order valence-corrected chi connectivity index (χ2v) is 10.0. The summed E-state index contributed by atoms with van der Waals surface area (Å²) in [4.78, 5) is 24.4. The minimum atomic E-state index is -0.959. The zero-order chi connectivity index (χ0) is 25.3. The van der Waals surface area contributed by atoms with Gasteiger partial charge in [-0.15, -0.1) is 0 Å². The van der Waals surface area contributed by atoms with Crippen molar-refractivity contribution >= 4 is 11.9 Å². The van der Waals surface area contributed by atoms with Gasteiger partial charge in [-0.25, -0.2) is 4.79 Å². The molecule has 0 saturated heterocycles. The molecule has 0 spiro atoms. The first-order valence-corrected chi connectivity index (χ1v) is 14.6. The monoisotopic (exact) mass is 483 g/mol. The van der Waals surface area contributed by atoms with Crippen molar-refractivity contribution in [3.8, 4) is 0 Å². The number of ether oxygens (including phenoxy) is 1. The van der Waals surface area contributed by atoms with Crippen LogP contribution in [0.3, 0.4) is 0 Å². The zero-order valence-electron chi connectivity index (χ0n) is 22.9. The summed E-state index contributed by atoms with van der Waals surface area (Å²) in [6.07, 6.45) is 24.4. The van der Waals surface area contributed by atoms with Crippen LogP contribution < -0.4 is 5.32 Å². The lowest BCUT2D eigenvalue weighted by Crippen LogP contribution is -2.49. The molecule has 0 aromatic rings. The number of carbonyl (C=O) groups is 2. The van der Waals surface area contributed by atoms with Crippen LogP contribution in [0.25, 0.3) is 0 Å². The van der Waals surface area contributed by atoms with Gasteiger partial charge in [0.25, 0.3) is 0 Å². The predicted octanol–water partition coefficient (Wildman–Crippen LogP) is 7.63. The van der Waals surface area contributed by atoms with E-state index in [0.717, 1.165) is 38.5 Å². The Labute approximate surface area is 211 Å². The lowest BCUT2D eigenvalue weighted by molar-refractivity contribution is -0.148. The molecule has 0 fully saturated rings. The van der Waals surface area contributed by atoms with Crippen LogP contribution in [-0.4, -0.2) is 36.2 Å². The molecule has 5 heteroatoms. The topological polar surface area (TPSA) is 75.6 Å². The van der Waals surface area contributed by atoms with E-state index in [1.54, 1.807) is 0 Å². The molecule has 0 radical (unpaired) electrons. The van der Waals surface area contributed by atoms with Crippen LogP contribution in [0.5, 0.6) is 0 Å². The summed E-state index contributed by atoms with van der Waals surface area (Å²) in [5.74, 6) is -0.729. The van der Waals surface area contributed by atoms with Gasteiger partial charge < -0.3 is 15.2 Å². The number of esters is 1. The number of hydrogen-bond acceptors (Lipinski definition) is 4. The van der Waals surface area contributed by atoms with Gasteiger partial charge in [0.05, 0.1) is 13.2 Å². The van der Waals surface area contributed by atoms with E-state index < -0.39 is 18.1 Å². The van der Waals surface area contributed by atoms with Crippen molar-refractivity contribution in [2.45, 2.75) is 167 Å². The van der Waals surface area contributed by atoms with Crippen molar-refractivity contribution in [3.63, 3.8) is 0 Å². The van der Waals surface area contributed by atoms with E-state index in [2.05, 4.69) is 19.2 Å². The summed E-state index contributed by atoms with van der Waals surface area (Å²) in [6.45, 7) is 4.48.